The summed E-state index contributed by atoms with van der Waals surface area (Å²) in [4.78, 5) is 15.1. The van der Waals surface area contributed by atoms with Crippen LogP contribution in [0.2, 0.25) is 0 Å². The lowest BCUT2D eigenvalue weighted by Crippen LogP contribution is -2.27. The summed E-state index contributed by atoms with van der Waals surface area (Å²) in [5.74, 6) is -0.178. The largest absolute Gasteiger partial charge is 0.370 e. The van der Waals surface area contributed by atoms with Gasteiger partial charge in [0.1, 0.15) is 0 Å². The molecule has 0 radical (unpaired) electrons. The molecular formula is C20H23N3O3S. The number of sulfonamides is 1. The van der Waals surface area contributed by atoms with Gasteiger partial charge < -0.3 is 10.2 Å². The van der Waals surface area contributed by atoms with Crippen LogP contribution in [0.1, 0.15) is 28.8 Å². The molecule has 1 fully saturated rings. The van der Waals surface area contributed by atoms with Gasteiger partial charge in [-0.2, -0.15) is 0 Å². The van der Waals surface area contributed by atoms with Crippen LogP contribution in [0.4, 0.5) is 17.1 Å². The highest BCUT2D eigenvalue weighted by molar-refractivity contribution is 7.92. The first-order valence-corrected chi connectivity index (χ1v) is 11.0. The Balaban J connectivity index is 1.57. The number of benzene rings is 2. The van der Waals surface area contributed by atoms with Crippen molar-refractivity contribution in [1.29, 1.82) is 0 Å². The fraction of sp³-hybridized carbons (Fsp3) is 0.350. The monoisotopic (exact) mass is 385 g/mol. The van der Waals surface area contributed by atoms with Crippen molar-refractivity contribution in [2.75, 3.05) is 40.4 Å². The van der Waals surface area contributed by atoms with Crippen LogP contribution in [-0.4, -0.2) is 40.2 Å². The third-order valence-corrected chi connectivity index (χ3v) is 6.37. The van der Waals surface area contributed by atoms with E-state index in [0.29, 0.717) is 24.2 Å². The van der Waals surface area contributed by atoms with E-state index in [1.54, 1.807) is 18.2 Å². The molecule has 2 aliphatic rings. The van der Waals surface area contributed by atoms with Gasteiger partial charge in [0.05, 0.1) is 23.3 Å². The number of para-hydroxylation sites is 2. The van der Waals surface area contributed by atoms with E-state index in [-0.39, 0.29) is 5.91 Å². The van der Waals surface area contributed by atoms with E-state index in [0.717, 1.165) is 30.0 Å². The molecule has 2 aromatic carbocycles. The van der Waals surface area contributed by atoms with Crippen molar-refractivity contribution in [3.63, 3.8) is 0 Å². The van der Waals surface area contributed by atoms with Crippen LogP contribution < -0.4 is 14.5 Å². The Bertz CT molecular complexity index is 982. The van der Waals surface area contributed by atoms with E-state index in [2.05, 4.69) is 10.2 Å². The zero-order chi connectivity index (χ0) is 19.0. The summed E-state index contributed by atoms with van der Waals surface area (Å²) in [6.07, 6.45) is 4.17. The number of anilines is 3. The number of fused-ring (bicyclic) bond motifs is 1. The van der Waals surface area contributed by atoms with Gasteiger partial charge in [0.2, 0.25) is 10.0 Å². The third kappa shape index (κ3) is 3.51. The van der Waals surface area contributed by atoms with Crippen LogP contribution >= 0.6 is 0 Å². The second-order valence-corrected chi connectivity index (χ2v) is 9.00. The maximum atomic E-state index is 12.8. The fourth-order valence-electron chi connectivity index (χ4n) is 3.86. The predicted octanol–water partition coefficient (Wildman–Crippen LogP) is 2.86. The summed E-state index contributed by atoms with van der Waals surface area (Å²) in [7, 11) is -3.29. The Morgan fingerprint density at radius 3 is 2.48 bits per heavy atom. The van der Waals surface area contributed by atoms with Crippen molar-refractivity contribution in [3.8, 4) is 0 Å². The molecule has 0 saturated carbocycles. The van der Waals surface area contributed by atoms with Crippen LogP contribution in [0.15, 0.2) is 42.5 Å². The molecule has 7 heteroatoms. The second kappa shape index (κ2) is 6.88. The minimum atomic E-state index is -3.29. The fourth-order valence-corrected chi connectivity index (χ4v) is 4.82. The highest BCUT2D eigenvalue weighted by Crippen LogP contribution is 2.32. The van der Waals surface area contributed by atoms with Crippen LogP contribution in [0.5, 0.6) is 0 Å². The van der Waals surface area contributed by atoms with Crippen molar-refractivity contribution >= 4 is 33.0 Å². The van der Waals surface area contributed by atoms with Gasteiger partial charge in [-0.15, -0.1) is 0 Å². The highest BCUT2D eigenvalue weighted by Gasteiger charge is 2.27. The molecule has 4 rings (SSSR count). The van der Waals surface area contributed by atoms with Gasteiger partial charge in [0, 0.05) is 25.2 Å². The van der Waals surface area contributed by atoms with E-state index < -0.39 is 10.0 Å². The molecule has 0 aliphatic carbocycles. The molecule has 0 spiro atoms. The van der Waals surface area contributed by atoms with E-state index in [1.165, 1.54) is 23.4 Å². The van der Waals surface area contributed by atoms with Crippen molar-refractivity contribution in [1.82, 2.24) is 0 Å². The molecule has 0 unspecified atom stereocenters. The molecule has 0 atom stereocenters. The molecule has 0 aromatic heterocycles. The summed E-state index contributed by atoms with van der Waals surface area (Å²) in [5.41, 5.74) is 3.96. The number of carbonyl (C=O) groups is 1. The predicted molar refractivity (Wildman–Crippen MR) is 108 cm³/mol. The minimum absolute atomic E-state index is 0.178. The number of amides is 1. The van der Waals surface area contributed by atoms with E-state index in [9.17, 15) is 13.2 Å². The Hall–Kier alpha value is -2.54. The summed E-state index contributed by atoms with van der Waals surface area (Å²) in [6, 6.07) is 13.1. The number of nitrogens with zero attached hydrogens (tertiary/aromatic N) is 2. The lowest BCUT2D eigenvalue weighted by atomic mass is 10.1. The Morgan fingerprint density at radius 1 is 1.00 bits per heavy atom. The summed E-state index contributed by atoms with van der Waals surface area (Å²) in [5, 5.41) is 3.02. The molecule has 27 heavy (non-hydrogen) atoms. The molecule has 1 N–H and O–H groups in total. The summed E-state index contributed by atoms with van der Waals surface area (Å²) < 4.78 is 25.1. The average molecular weight is 385 g/mol. The first kappa shape index (κ1) is 17.9. The van der Waals surface area contributed by atoms with Crippen molar-refractivity contribution < 1.29 is 13.2 Å². The lowest BCUT2D eigenvalue weighted by Gasteiger charge is -2.21. The molecular weight excluding hydrogens is 362 g/mol. The van der Waals surface area contributed by atoms with Gasteiger partial charge >= 0.3 is 0 Å². The molecule has 1 saturated heterocycles. The van der Waals surface area contributed by atoms with Crippen molar-refractivity contribution in [3.05, 3.63) is 53.6 Å². The van der Waals surface area contributed by atoms with E-state index >= 15 is 0 Å². The molecule has 2 aromatic rings. The van der Waals surface area contributed by atoms with E-state index in [4.69, 9.17) is 0 Å². The smallest absolute Gasteiger partial charge is 0.255 e. The standard InChI is InChI=1S/C20H23N3O3S/c1-27(25,26)23-13-10-15-14-16(8-9-18(15)23)20(24)21-17-6-2-3-7-19(17)22-11-4-5-12-22/h2-3,6-9,14H,4-5,10-13H2,1H3,(H,21,24). The van der Waals surface area contributed by atoms with Crippen LogP contribution in [0.3, 0.4) is 0 Å². The second-order valence-electron chi connectivity index (χ2n) is 7.09. The van der Waals surface area contributed by atoms with Gasteiger partial charge in [0.25, 0.3) is 5.91 Å². The highest BCUT2D eigenvalue weighted by atomic mass is 32.2. The lowest BCUT2D eigenvalue weighted by molar-refractivity contribution is 0.102. The Kier molecular flexibility index (Phi) is 4.55. The molecule has 2 heterocycles. The van der Waals surface area contributed by atoms with Gasteiger partial charge in [-0.25, -0.2) is 8.42 Å². The summed E-state index contributed by atoms with van der Waals surface area (Å²) >= 11 is 0. The SMILES string of the molecule is CS(=O)(=O)N1CCc2cc(C(=O)Nc3ccccc3N3CCCC3)ccc21. The average Bonchev–Trinajstić information content (AvgIpc) is 3.31. The molecule has 6 nitrogen and oxygen atoms in total. The first-order valence-electron chi connectivity index (χ1n) is 9.19. The van der Waals surface area contributed by atoms with Crippen LogP contribution in [-0.2, 0) is 16.4 Å². The summed E-state index contributed by atoms with van der Waals surface area (Å²) in [6.45, 7) is 2.44. The zero-order valence-electron chi connectivity index (χ0n) is 15.3. The number of hydrogen-bond donors (Lipinski definition) is 1. The number of hydrogen-bond acceptors (Lipinski definition) is 4. The van der Waals surface area contributed by atoms with Crippen molar-refractivity contribution in [2.45, 2.75) is 19.3 Å². The van der Waals surface area contributed by atoms with Crippen LogP contribution in [0.25, 0.3) is 0 Å². The Labute approximate surface area is 159 Å². The minimum Gasteiger partial charge on any atom is -0.370 e. The van der Waals surface area contributed by atoms with Gasteiger partial charge in [-0.1, -0.05) is 12.1 Å². The quantitative estimate of drug-likeness (QED) is 0.879. The van der Waals surface area contributed by atoms with Crippen molar-refractivity contribution in [2.24, 2.45) is 0 Å². The van der Waals surface area contributed by atoms with Gasteiger partial charge in [-0.05, 0) is 55.2 Å². The normalized spacial score (nSPS) is 16.5. The number of nitrogens with one attached hydrogen (secondary N) is 1. The molecule has 2 aliphatic heterocycles. The zero-order valence-corrected chi connectivity index (χ0v) is 16.1. The molecule has 0 bridgehead atoms. The number of carbonyl (C=O) groups excluding carboxylic acids is 1. The topological polar surface area (TPSA) is 69.7 Å². The molecule has 142 valence electrons. The van der Waals surface area contributed by atoms with Gasteiger partial charge in [0.15, 0.2) is 0 Å². The maximum absolute atomic E-state index is 12.8. The Morgan fingerprint density at radius 2 is 1.74 bits per heavy atom. The number of rotatable bonds is 4. The molecule has 1 amide bonds. The van der Waals surface area contributed by atoms with E-state index in [1.807, 2.05) is 24.3 Å². The maximum Gasteiger partial charge on any atom is 0.255 e. The van der Waals surface area contributed by atoms with Gasteiger partial charge in [-0.3, -0.25) is 9.10 Å². The first-order chi connectivity index (χ1) is 12.9. The van der Waals surface area contributed by atoms with Crippen LogP contribution in [0, 0.1) is 0 Å². The third-order valence-electron chi connectivity index (χ3n) is 5.19.